The molecular weight excluding hydrogens is 563 g/mol. The number of aliphatic hydroxyl groups excluding tert-OH is 1. The summed E-state index contributed by atoms with van der Waals surface area (Å²) < 4.78 is 23.1. The van der Waals surface area contributed by atoms with Gasteiger partial charge in [0.1, 0.15) is 13.2 Å². The van der Waals surface area contributed by atoms with E-state index < -0.39 is 20.0 Å². The summed E-state index contributed by atoms with van der Waals surface area (Å²) in [6.45, 7) is 4.59. The molecule has 0 aliphatic heterocycles. The topological polar surface area (TPSA) is 105 Å². The van der Waals surface area contributed by atoms with Gasteiger partial charge in [0.15, 0.2) is 0 Å². The quantitative estimate of drug-likeness (QED) is 0.0319. The summed E-state index contributed by atoms with van der Waals surface area (Å²) in [5.74, 6) is -0.214. The normalized spacial score (nSPS) is 15.2. The molecular formula is C34H68N2O6P+. The van der Waals surface area contributed by atoms with Gasteiger partial charge in [-0.1, -0.05) is 122 Å². The van der Waals surface area contributed by atoms with Crippen LogP contribution in [0.2, 0.25) is 0 Å². The number of carbonyl (C=O) groups excluding carboxylic acids is 1. The number of quaternary nitrogens is 1. The Morgan fingerprint density at radius 1 is 0.767 bits per heavy atom. The van der Waals surface area contributed by atoms with E-state index in [1.54, 1.807) is 6.08 Å². The fourth-order valence-electron chi connectivity index (χ4n) is 4.58. The first kappa shape index (κ1) is 42.0. The average Bonchev–Trinajstić information content (AvgIpc) is 2.93. The number of nitrogens with one attached hydrogen (secondary N) is 1. The van der Waals surface area contributed by atoms with Crippen LogP contribution in [0.25, 0.3) is 0 Å². The first-order valence-electron chi connectivity index (χ1n) is 17.2. The molecule has 0 heterocycles. The lowest BCUT2D eigenvalue weighted by molar-refractivity contribution is -0.870. The highest BCUT2D eigenvalue weighted by Gasteiger charge is 2.27. The Morgan fingerprint density at radius 3 is 1.86 bits per heavy atom. The molecule has 3 unspecified atom stereocenters. The van der Waals surface area contributed by atoms with Crippen LogP contribution in [-0.2, 0) is 18.4 Å². The fourth-order valence-corrected chi connectivity index (χ4v) is 5.32. The van der Waals surface area contributed by atoms with E-state index in [0.717, 1.165) is 38.5 Å². The highest BCUT2D eigenvalue weighted by atomic mass is 31.2. The molecule has 0 aromatic carbocycles. The lowest BCUT2D eigenvalue weighted by Gasteiger charge is -2.25. The molecule has 0 saturated heterocycles. The summed E-state index contributed by atoms with van der Waals surface area (Å²) in [4.78, 5) is 22.5. The number of allylic oxidation sites excluding steroid dienone is 3. The van der Waals surface area contributed by atoms with E-state index in [1.807, 2.05) is 27.2 Å². The summed E-state index contributed by atoms with van der Waals surface area (Å²) in [6.07, 6.45) is 28.9. The second-order valence-corrected chi connectivity index (χ2v) is 14.3. The second kappa shape index (κ2) is 27.3. The van der Waals surface area contributed by atoms with Crippen LogP contribution < -0.4 is 5.32 Å². The van der Waals surface area contributed by atoms with E-state index in [1.165, 1.54) is 77.0 Å². The van der Waals surface area contributed by atoms with Gasteiger partial charge in [0, 0.05) is 6.42 Å². The van der Waals surface area contributed by atoms with Crippen molar-refractivity contribution in [3.63, 3.8) is 0 Å². The van der Waals surface area contributed by atoms with Crippen molar-refractivity contribution in [2.75, 3.05) is 40.9 Å². The molecule has 0 saturated carbocycles. The Hall–Kier alpha value is -1.02. The molecule has 3 N–H and O–H groups in total. The van der Waals surface area contributed by atoms with E-state index in [-0.39, 0.29) is 19.1 Å². The van der Waals surface area contributed by atoms with Crippen LogP contribution in [0, 0.1) is 0 Å². The first-order valence-corrected chi connectivity index (χ1v) is 18.7. The number of hydrogen-bond acceptors (Lipinski definition) is 5. The number of phosphoric acid groups is 1. The van der Waals surface area contributed by atoms with Crippen LogP contribution in [0.1, 0.15) is 136 Å². The van der Waals surface area contributed by atoms with Crippen molar-refractivity contribution in [2.45, 2.75) is 148 Å². The molecule has 0 aliphatic rings. The van der Waals surface area contributed by atoms with Crippen molar-refractivity contribution >= 4 is 13.7 Å². The Morgan fingerprint density at radius 2 is 1.28 bits per heavy atom. The van der Waals surface area contributed by atoms with E-state index in [9.17, 15) is 19.4 Å². The van der Waals surface area contributed by atoms with E-state index in [4.69, 9.17) is 9.05 Å². The maximum atomic E-state index is 12.4. The Kier molecular flexibility index (Phi) is 26.7. The van der Waals surface area contributed by atoms with Gasteiger partial charge in [-0.15, -0.1) is 0 Å². The minimum Gasteiger partial charge on any atom is -0.387 e. The van der Waals surface area contributed by atoms with Gasteiger partial charge in [0.05, 0.1) is 39.9 Å². The lowest BCUT2D eigenvalue weighted by Crippen LogP contribution is -2.45. The number of unbranched alkanes of at least 4 members (excludes halogenated alkanes) is 15. The maximum absolute atomic E-state index is 12.4. The second-order valence-electron chi connectivity index (χ2n) is 12.9. The highest BCUT2D eigenvalue weighted by molar-refractivity contribution is 7.47. The van der Waals surface area contributed by atoms with Crippen LogP contribution in [-0.4, -0.2) is 73.4 Å². The summed E-state index contributed by atoms with van der Waals surface area (Å²) in [7, 11) is 1.55. The molecule has 0 rings (SSSR count). The molecule has 3 atom stereocenters. The molecule has 254 valence electrons. The zero-order chi connectivity index (χ0) is 32.2. The molecule has 0 fully saturated rings. The molecule has 0 aliphatic carbocycles. The van der Waals surface area contributed by atoms with Gasteiger partial charge in [-0.2, -0.15) is 0 Å². The van der Waals surface area contributed by atoms with Crippen LogP contribution in [0.5, 0.6) is 0 Å². The van der Waals surface area contributed by atoms with E-state index >= 15 is 0 Å². The predicted octanol–water partition coefficient (Wildman–Crippen LogP) is 8.24. The smallest absolute Gasteiger partial charge is 0.387 e. The third kappa shape index (κ3) is 29.5. The van der Waals surface area contributed by atoms with Crippen molar-refractivity contribution in [3.8, 4) is 0 Å². The molecule has 0 spiro atoms. The van der Waals surface area contributed by atoms with Gasteiger partial charge >= 0.3 is 7.82 Å². The Bertz CT molecular complexity index is 768. The van der Waals surface area contributed by atoms with Crippen molar-refractivity contribution in [1.82, 2.24) is 5.32 Å². The summed E-state index contributed by atoms with van der Waals surface area (Å²) in [5.41, 5.74) is 0. The minimum atomic E-state index is -4.31. The van der Waals surface area contributed by atoms with E-state index in [0.29, 0.717) is 17.4 Å². The van der Waals surface area contributed by atoms with Crippen molar-refractivity contribution in [2.24, 2.45) is 0 Å². The van der Waals surface area contributed by atoms with Gasteiger partial charge in [-0.05, 0) is 32.1 Å². The van der Waals surface area contributed by atoms with E-state index in [2.05, 4.69) is 31.3 Å². The van der Waals surface area contributed by atoms with Crippen LogP contribution in [0.4, 0.5) is 0 Å². The molecule has 0 aromatic heterocycles. The average molecular weight is 632 g/mol. The Balaban J connectivity index is 4.34. The van der Waals surface area contributed by atoms with Gasteiger partial charge in [0.25, 0.3) is 0 Å². The van der Waals surface area contributed by atoms with Gasteiger partial charge in [-0.25, -0.2) is 4.57 Å². The van der Waals surface area contributed by atoms with Crippen molar-refractivity contribution in [1.29, 1.82) is 0 Å². The number of amides is 1. The van der Waals surface area contributed by atoms with Gasteiger partial charge < -0.3 is 19.8 Å². The zero-order valence-electron chi connectivity index (χ0n) is 28.4. The Labute approximate surface area is 264 Å². The molecule has 8 nitrogen and oxygen atoms in total. The zero-order valence-corrected chi connectivity index (χ0v) is 29.3. The lowest BCUT2D eigenvalue weighted by atomic mass is 10.0. The maximum Gasteiger partial charge on any atom is 0.472 e. The molecule has 9 heteroatoms. The molecule has 0 bridgehead atoms. The van der Waals surface area contributed by atoms with Crippen LogP contribution in [0.15, 0.2) is 24.3 Å². The fraction of sp³-hybridized carbons (Fsp3) is 0.853. The minimum absolute atomic E-state index is 0.0562. The number of likely N-dealkylation sites (N-methyl/N-ethyl adjacent to an activating group) is 1. The molecule has 0 aromatic rings. The highest BCUT2D eigenvalue weighted by Crippen LogP contribution is 2.43. The molecule has 43 heavy (non-hydrogen) atoms. The number of aliphatic hydroxyl groups is 1. The predicted molar refractivity (Wildman–Crippen MR) is 180 cm³/mol. The van der Waals surface area contributed by atoms with Crippen LogP contribution in [0.3, 0.4) is 0 Å². The van der Waals surface area contributed by atoms with Crippen molar-refractivity contribution < 1.29 is 32.9 Å². The van der Waals surface area contributed by atoms with Gasteiger partial charge in [0.2, 0.25) is 5.91 Å². The SMILES string of the molecule is CCCCCCCCCCCCCC/C=C/CC/C=C/C(O)C(COP(=O)(O)OCC[N+](C)(C)C)NC(=O)CCCCC. The van der Waals surface area contributed by atoms with Crippen LogP contribution >= 0.6 is 7.82 Å². The number of hydrogen-bond donors (Lipinski definition) is 3. The van der Waals surface area contributed by atoms with Gasteiger partial charge in [-0.3, -0.25) is 13.8 Å². The standard InChI is InChI=1S/C34H67N2O6P/c1-6-8-10-11-12-13-14-15-16-17-18-19-20-21-22-23-24-26-27-33(37)32(35-34(38)28-25-9-7-2)31-42-43(39,40)41-30-29-36(3,4)5/h21-22,26-27,32-33,37H,6-20,23-25,28-31H2,1-5H3,(H-,35,38,39,40)/p+1/b22-21+,27-26+. The largest absolute Gasteiger partial charge is 0.472 e. The number of phosphoric ester groups is 1. The number of rotatable bonds is 30. The summed E-state index contributed by atoms with van der Waals surface area (Å²) in [6, 6.07) is -0.853. The first-order chi connectivity index (χ1) is 20.5. The number of carbonyl (C=O) groups is 1. The third-order valence-corrected chi connectivity index (χ3v) is 8.41. The molecule has 1 amide bonds. The number of nitrogens with zero attached hydrogens (tertiary/aromatic N) is 1. The summed E-state index contributed by atoms with van der Waals surface area (Å²) in [5, 5.41) is 13.5. The summed E-state index contributed by atoms with van der Waals surface area (Å²) >= 11 is 0. The monoisotopic (exact) mass is 631 g/mol. The van der Waals surface area contributed by atoms with Crippen molar-refractivity contribution in [3.05, 3.63) is 24.3 Å². The molecule has 0 radical (unpaired) electrons. The third-order valence-electron chi connectivity index (χ3n) is 7.42.